The molecule has 11 heteroatoms. The van der Waals surface area contributed by atoms with Gasteiger partial charge in [0.25, 0.3) is 0 Å². The van der Waals surface area contributed by atoms with Crippen molar-refractivity contribution < 1.29 is 42.6 Å². The molecule has 9 nitrogen and oxygen atoms in total. The standard InChI is InChI=1S/C19H22F2N2O7/c1-11(8-20)16(23-19(29)30-10-12-5-3-2-4-6-12)18(28)22-13(7-15(25)26)17(27)14(24)9-21/h2-6,11,13,16H,7-10H2,1H3,(H,22,28)(H,23,29)(H,25,26). The van der Waals surface area contributed by atoms with Crippen molar-refractivity contribution >= 4 is 29.5 Å². The average molecular weight is 428 g/mol. The van der Waals surface area contributed by atoms with E-state index >= 15 is 0 Å². The largest absolute Gasteiger partial charge is 0.481 e. The number of alkyl halides is 2. The Hall–Kier alpha value is -3.37. The summed E-state index contributed by atoms with van der Waals surface area (Å²) in [5.41, 5.74) is 0.657. The van der Waals surface area contributed by atoms with Crippen LogP contribution in [0.25, 0.3) is 0 Å². The minimum Gasteiger partial charge on any atom is -0.481 e. The highest BCUT2D eigenvalue weighted by Gasteiger charge is 2.34. The van der Waals surface area contributed by atoms with Gasteiger partial charge in [-0.25, -0.2) is 9.18 Å². The van der Waals surface area contributed by atoms with Gasteiger partial charge in [-0.05, 0) is 5.56 Å². The highest BCUT2D eigenvalue weighted by atomic mass is 19.1. The van der Waals surface area contributed by atoms with Crippen LogP contribution in [0.3, 0.4) is 0 Å². The Morgan fingerprint density at radius 2 is 1.70 bits per heavy atom. The average Bonchev–Trinajstić information content (AvgIpc) is 2.74. The van der Waals surface area contributed by atoms with Crippen molar-refractivity contribution in [1.29, 1.82) is 0 Å². The molecule has 3 N–H and O–H groups in total. The van der Waals surface area contributed by atoms with Crippen LogP contribution in [0.1, 0.15) is 18.9 Å². The van der Waals surface area contributed by atoms with Gasteiger partial charge in [-0.3, -0.25) is 23.6 Å². The number of benzene rings is 1. The highest BCUT2D eigenvalue weighted by molar-refractivity contribution is 6.40. The number of nitrogens with one attached hydrogen (secondary N) is 2. The van der Waals surface area contributed by atoms with Gasteiger partial charge in [0, 0.05) is 5.92 Å². The third-order valence-corrected chi connectivity index (χ3v) is 3.99. The summed E-state index contributed by atoms with van der Waals surface area (Å²) >= 11 is 0. The van der Waals surface area contributed by atoms with Crippen LogP contribution >= 0.6 is 0 Å². The van der Waals surface area contributed by atoms with Gasteiger partial charge >= 0.3 is 12.1 Å². The van der Waals surface area contributed by atoms with Crippen molar-refractivity contribution in [3.8, 4) is 0 Å². The second kappa shape index (κ2) is 12.2. The number of Topliss-reactive ketones (excluding diaryl/α,β-unsaturated/α-hetero) is 2. The van der Waals surface area contributed by atoms with E-state index < -0.39 is 67.3 Å². The molecule has 3 unspecified atom stereocenters. The number of halogens is 2. The van der Waals surface area contributed by atoms with Crippen LogP contribution in [0.4, 0.5) is 13.6 Å². The first-order valence-corrected chi connectivity index (χ1v) is 8.87. The lowest BCUT2D eigenvalue weighted by Gasteiger charge is -2.24. The predicted octanol–water partition coefficient (Wildman–Crippen LogP) is 0.954. The Morgan fingerprint density at radius 3 is 2.23 bits per heavy atom. The Bertz CT molecular complexity index is 773. The van der Waals surface area contributed by atoms with Crippen LogP contribution < -0.4 is 10.6 Å². The van der Waals surface area contributed by atoms with Crippen molar-refractivity contribution in [3.05, 3.63) is 35.9 Å². The highest BCUT2D eigenvalue weighted by Crippen LogP contribution is 2.08. The fraction of sp³-hybridized carbons (Fsp3) is 0.421. The number of hydrogen-bond donors (Lipinski definition) is 3. The topological polar surface area (TPSA) is 139 Å². The van der Waals surface area contributed by atoms with E-state index in [0.717, 1.165) is 0 Å². The molecule has 2 amide bonds. The van der Waals surface area contributed by atoms with Crippen LogP contribution in [-0.4, -0.2) is 60.1 Å². The van der Waals surface area contributed by atoms with Crippen molar-refractivity contribution in [1.82, 2.24) is 10.6 Å². The van der Waals surface area contributed by atoms with E-state index in [1.807, 2.05) is 5.32 Å². The molecule has 1 rings (SSSR count). The predicted molar refractivity (Wildman–Crippen MR) is 98.9 cm³/mol. The fourth-order valence-electron chi connectivity index (χ4n) is 2.35. The maximum Gasteiger partial charge on any atom is 0.408 e. The maximum atomic E-state index is 13.2. The Labute approximate surface area is 170 Å². The fourth-order valence-corrected chi connectivity index (χ4v) is 2.35. The van der Waals surface area contributed by atoms with E-state index in [9.17, 15) is 32.8 Å². The quantitative estimate of drug-likeness (QED) is 0.421. The first-order chi connectivity index (χ1) is 14.2. The molecule has 0 heterocycles. The van der Waals surface area contributed by atoms with Gasteiger partial charge in [-0.15, -0.1) is 0 Å². The summed E-state index contributed by atoms with van der Waals surface area (Å²) in [4.78, 5) is 58.5. The number of carbonyl (C=O) groups excluding carboxylic acids is 4. The van der Waals surface area contributed by atoms with Crippen LogP contribution in [0.5, 0.6) is 0 Å². The monoisotopic (exact) mass is 428 g/mol. The Morgan fingerprint density at radius 1 is 1.07 bits per heavy atom. The molecular formula is C19H22F2N2O7. The third kappa shape index (κ3) is 7.94. The summed E-state index contributed by atoms with van der Waals surface area (Å²) in [6, 6.07) is 5.16. The molecule has 0 bridgehead atoms. The number of carboxylic acid groups (broad SMARTS) is 1. The van der Waals surface area contributed by atoms with Crippen LogP contribution in [0.15, 0.2) is 30.3 Å². The van der Waals surface area contributed by atoms with Gasteiger partial charge in [-0.2, -0.15) is 0 Å². The molecule has 0 spiro atoms. The molecule has 164 valence electrons. The number of carboxylic acids is 1. The number of carbonyl (C=O) groups is 5. The summed E-state index contributed by atoms with van der Waals surface area (Å²) in [5.74, 6) is -6.71. The second-order valence-corrected chi connectivity index (χ2v) is 6.40. The van der Waals surface area contributed by atoms with Crippen molar-refractivity contribution in [2.45, 2.75) is 32.0 Å². The zero-order valence-electron chi connectivity index (χ0n) is 16.1. The van der Waals surface area contributed by atoms with E-state index in [1.54, 1.807) is 30.3 Å². The van der Waals surface area contributed by atoms with E-state index in [2.05, 4.69) is 5.32 Å². The summed E-state index contributed by atoms with van der Waals surface area (Å²) in [5, 5.41) is 13.0. The molecule has 0 saturated carbocycles. The summed E-state index contributed by atoms with van der Waals surface area (Å²) in [7, 11) is 0. The summed E-state index contributed by atoms with van der Waals surface area (Å²) in [6.45, 7) is -1.56. The van der Waals surface area contributed by atoms with Crippen LogP contribution in [0, 0.1) is 5.92 Å². The number of ketones is 2. The van der Waals surface area contributed by atoms with Gasteiger partial charge in [0.1, 0.15) is 18.7 Å². The number of ether oxygens (including phenoxy) is 1. The van der Waals surface area contributed by atoms with Gasteiger partial charge in [0.05, 0.1) is 13.1 Å². The minimum atomic E-state index is -1.87. The molecule has 0 fully saturated rings. The molecule has 1 aromatic carbocycles. The smallest absolute Gasteiger partial charge is 0.408 e. The summed E-state index contributed by atoms with van der Waals surface area (Å²) < 4.78 is 30.6. The van der Waals surface area contributed by atoms with E-state index in [0.29, 0.717) is 5.56 Å². The Kier molecular flexibility index (Phi) is 10.1. The van der Waals surface area contributed by atoms with Gasteiger partial charge in [0.2, 0.25) is 17.5 Å². The lowest BCUT2D eigenvalue weighted by atomic mass is 10.0. The maximum absolute atomic E-state index is 13.2. The Balaban J connectivity index is 2.85. The van der Waals surface area contributed by atoms with Crippen molar-refractivity contribution in [2.24, 2.45) is 5.92 Å². The second-order valence-electron chi connectivity index (χ2n) is 6.40. The lowest BCUT2D eigenvalue weighted by molar-refractivity contribution is -0.143. The number of aliphatic carboxylic acids is 1. The SMILES string of the molecule is CC(CF)C(NC(=O)OCc1ccccc1)C(=O)NC(CC(=O)O)C(=O)C(=O)CF. The van der Waals surface area contributed by atoms with E-state index in [-0.39, 0.29) is 6.61 Å². The van der Waals surface area contributed by atoms with Gasteiger partial charge in [0.15, 0.2) is 6.67 Å². The minimum absolute atomic E-state index is 0.129. The molecule has 0 radical (unpaired) electrons. The van der Waals surface area contributed by atoms with Gasteiger partial charge < -0.3 is 20.5 Å². The van der Waals surface area contributed by atoms with E-state index in [1.165, 1.54) is 6.92 Å². The number of rotatable bonds is 12. The van der Waals surface area contributed by atoms with Crippen molar-refractivity contribution in [2.75, 3.05) is 13.3 Å². The molecule has 30 heavy (non-hydrogen) atoms. The number of amides is 2. The molecule has 3 atom stereocenters. The number of alkyl carbamates (subject to hydrolysis) is 1. The van der Waals surface area contributed by atoms with Crippen LogP contribution in [0.2, 0.25) is 0 Å². The van der Waals surface area contributed by atoms with E-state index in [4.69, 9.17) is 9.84 Å². The zero-order valence-corrected chi connectivity index (χ0v) is 16.1. The zero-order chi connectivity index (χ0) is 22.7. The molecule has 0 aliphatic rings. The molecule has 1 aromatic rings. The number of hydrogen-bond acceptors (Lipinski definition) is 6. The molecule has 0 aliphatic heterocycles. The first kappa shape index (κ1) is 24.7. The normalized spacial score (nSPS) is 13.4. The molecule has 0 saturated heterocycles. The van der Waals surface area contributed by atoms with Crippen molar-refractivity contribution in [3.63, 3.8) is 0 Å². The van der Waals surface area contributed by atoms with Crippen LogP contribution in [-0.2, 0) is 30.5 Å². The molecular weight excluding hydrogens is 406 g/mol. The third-order valence-electron chi connectivity index (χ3n) is 3.99. The van der Waals surface area contributed by atoms with Gasteiger partial charge in [-0.1, -0.05) is 37.3 Å². The lowest BCUT2D eigenvalue weighted by Crippen LogP contribution is -2.55. The molecule has 0 aliphatic carbocycles. The first-order valence-electron chi connectivity index (χ1n) is 8.87. The summed E-state index contributed by atoms with van der Waals surface area (Å²) in [6.07, 6.45) is -2.05. The molecule has 0 aromatic heterocycles.